The second-order valence-electron chi connectivity index (χ2n) is 6.09. The van der Waals surface area contributed by atoms with Crippen molar-refractivity contribution in [2.24, 2.45) is 0 Å². The fraction of sp³-hybridized carbons (Fsp3) is 0.929. The molecule has 7 heteroatoms. The summed E-state index contributed by atoms with van der Waals surface area (Å²) in [5.41, 5.74) is 0. The minimum atomic E-state index is -3.32. The maximum Gasteiger partial charge on any atom is 0.240 e. The fourth-order valence-electron chi connectivity index (χ4n) is 2.89. The molecule has 2 saturated heterocycles. The number of rotatable bonds is 4. The van der Waals surface area contributed by atoms with E-state index in [1.165, 1.54) is 6.92 Å². The van der Waals surface area contributed by atoms with Crippen LogP contribution in [0.25, 0.3) is 0 Å². The van der Waals surface area contributed by atoms with E-state index in [1.807, 2.05) is 0 Å². The first-order valence-electron chi connectivity index (χ1n) is 7.69. The lowest BCUT2D eigenvalue weighted by Crippen LogP contribution is -2.43. The Labute approximate surface area is 127 Å². The second kappa shape index (κ2) is 7.07. The highest BCUT2D eigenvalue weighted by Gasteiger charge is 2.30. The van der Waals surface area contributed by atoms with Crippen molar-refractivity contribution >= 4 is 15.7 Å². The quantitative estimate of drug-likeness (QED) is 0.737. The van der Waals surface area contributed by atoms with Crippen LogP contribution in [0.2, 0.25) is 0 Å². The molecule has 2 atom stereocenters. The Balaban J connectivity index is 1.86. The van der Waals surface area contributed by atoms with E-state index in [1.54, 1.807) is 4.90 Å². The third kappa shape index (κ3) is 4.66. The van der Waals surface area contributed by atoms with Crippen LogP contribution < -0.4 is 0 Å². The predicted molar refractivity (Wildman–Crippen MR) is 80.9 cm³/mol. The number of amides is 1. The van der Waals surface area contributed by atoms with Gasteiger partial charge in [0.2, 0.25) is 5.91 Å². The van der Waals surface area contributed by atoms with Crippen LogP contribution in [-0.4, -0.2) is 81.1 Å². The van der Waals surface area contributed by atoms with Gasteiger partial charge in [0.25, 0.3) is 0 Å². The standard InChI is InChI=1S/C14H26N2O4S/c1-12(21(2,18)19)14(17)16-7-4-6-15(8-9-16)11-13-5-3-10-20-13/h12-13H,3-11H2,1-2H3. The van der Waals surface area contributed by atoms with Gasteiger partial charge < -0.3 is 9.64 Å². The van der Waals surface area contributed by atoms with Crippen molar-refractivity contribution in [3.8, 4) is 0 Å². The smallest absolute Gasteiger partial charge is 0.240 e. The number of hydrogen-bond donors (Lipinski definition) is 0. The summed E-state index contributed by atoms with van der Waals surface area (Å²) in [4.78, 5) is 16.3. The average molecular weight is 318 g/mol. The number of ether oxygens (including phenoxy) is 1. The monoisotopic (exact) mass is 318 g/mol. The van der Waals surface area contributed by atoms with E-state index in [2.05, 4.69) is 4.90 Å². The Morgan fingerprint density at radius 1 is 1.24 bits per heavy atom. The maximum atomic E-state index is 12.3. The van der Waals surface area contributed by atoms with Crippen molar-refractivity contribution in [3.05, 3.63) is 0 Å². The lowest BCUT2D eigenvalue weighted by molar-refractivity contribution is -0.130. The van der Waals surface area contributed by atoms with E-state index in [4.69, 9.17) is 4.74 Å². The molecule has 0 aliphatic carbocycles. The molecule has 0 aromatic heterocycles. The normalized spacial score (nSPS) is 26.6. The second-order valence-corrected chi connectivity index (χ2v) is 8.45. The van der Waals surface area contributed by atoms with Gasteiger partial charge >= 0.3 is 0 Å². The lowest BCUT2D eigenvalue weighted by Gasteiger charge is -2.25. The van der Waals surface area contributed by atoms with E-state index in [0.29, 0.717) is 19.2 Å². The molecule has 0 N–H and O–H groups in total. The van der Waals surface area contributed by atoms with Gasteiger partial charge in [-0.2, -0.15) is 0 Å². The van der Waals surface area contributed by atoms with Crippen LogP contribution >= 0.6 is 0 Å². The zero-order chi connectivity index (χ0) is 15.5. The molecular formula is C14H26N2O4S. The van der Waals surface area contributed by atoms with Crippen LogP contribution in [0.1, 0.15) is 26.2 Å². The van der Waals surface area contributed by atoms with Gasteiger partial charge in [-0.15, -0.1) is 0 Å². The van der Waals surface area contributed by atoms with Crippen LogP contribution in [0.15, 0.2) is 0 Å². The van der Waals surface area contributed by atoms with Gasteiger partial charge in [-0.25, -0.2) is 8.42 Å². The molecule has 6 nitrogen and oxygen atoms in total. The lowest BCUT2D eigenvalue weighted by atomic mass is 10.2. The summed E-state index contributed by atoms with van der Waals surface area (Å²) in [5, 5.41) is -0.942. The van der Waals surface area contributed by atoms with Gasteiger partial charge in [0, 0.05) is 39.0 Å². The SMILES string of the molecule is CC(C(=O)N1CCCN(CC2CCCO2)CC1)S(C)(=O)=O. The zero-order valence-electron chi connectivity index (χ0n) is 13.0. The minimum absolute atomic E-state index is 0.267. The molecular weight excluding hydrogens is 292 g/mol. The van der Waals surface area contributed by atoms with Crippen LogP contribution in [0.3, 0.4) is 0 Å². The van der Waals surface area contributed by atoms with Crippen molar-refractivity contribution in [1.29, 1.82) is 0 Å². The summed E-state index contributed by atoms with van der Waals surface area (Å²) >= 11 is 0. The Kier molecular flexibility index (Phi) is 5.62. The van der Waals surface area contributed by atoms with E-state index in [9.17, 15) is 13.2 Å². The van der Waals surface area contributed by atoms with Gasteiger partial charge in [-0.3, -0.25) is 9.69 Å². The molecule has 0 aromatic carbocycles. The molecule has 0 bridgehead atoms. The number of sulfone groups is 1. The highest BCUT2D eigenvalue weighted by atomic mass is 32.2. The summed E-state index contributed by atoms with van der Waals surface area (Å²) in [6.07, 6.45) is 4.58. The molecule has 2 aliphatic rings. The first-order chi connectivity index (χ1) is 9.88. The largest absolute Gasteiger partial charge is 0.377 e. The van der Waals surface area contributed by atoms with E-state index < -0.39 is 15.1 Å². The Bertz CT molecular complexity index is 460. The summed E-state index contributed by atoms with van der Waals surface area (Å²) < 4.78 is 28.7. The minimum Gasteiger partial charge on any atom is -0.377 e. The molecule has 0 aromatic rings. The van der Waals surface area contributed by atoms with Gasteiger partial charge in [0.05, 0.1) is 6.10 Å². The van der Waals surface area contributed by atoms with Gasteiger partial charge in [0.1, 0.15) is 5.25 Å². The third-order valence-corrected chi connectivity index (χ3v) is 5.86. The average Bonchev–Trinajstić information content (AvgIpc) is 2.81. The summed E-state index contributed by atoms with van der Waals surface area (Å²) in [6.45, 7) is 6.23. The van der Waals surface area contributed by atoms with E-state index >= 15 is 0 Å². The fourth-order valence-corrected chi connectivity index (χ4v) is 3.41. The molecule has 0 saturated carbocycles. The topological polar surface area (TPSA) is 66.9 Å². The Morgan fingerprint density at radius 3 is 2.62 bits per heavy atom. The van der Waals surface area contributed by atoms with Gasteiger partial charge in [-0.05, 0) is 32.7 Å². The van der Waals surface area contributed by atoms with Crippen LogP contribution in [0, 0.1) is 0 Å². The zero-order valence-corrected chi connectivity index (χ0v) is 13.8. The highest BCUT2D eigenvalue weighted by Crippen LogP contribution is 2.15. The van der Waals surface area contributed by atoms with Crippen molar-refractivity contribution in [3.63, 3.8) is 0 Å². The molecule has 21 heavy (non-hydrogen) atoms. The van der Waals surface area contributed by atoms with Crippen molar-refractivity contribution < 1.29 is 17.9 Å². The molecule has 0 spiro atoms. The van der Waals surface area contributed by atoms with Crippen molar-refractivity contribution in [2.45, 2.75) is 37.5 Å². The number of carbonyl (C=O) groups is 1. The van der Waals surface area contributed by atoms with Crippen LogP contribution in [0.5, 0.6) is 0 Å². The summed E-state index contributed by atoms with van der Waals surface area (Å²) in [7, 11) is -3.32. The first-order valence-corrected chi connectivity index (χ1v) is 9.65. The number of nitrogens with zero attached hydrogens (tertiary/aromatic N) is 2. The highest BCUT2D eigenvalue weighted by molar-refractivity contribution is 7.92. The molecule has 2 heterocycles. The predicted octanol–water partition coefficient (Wildman–Crippen LogP) is 0.133. The first kappa shape index (κ1) is 16.7. The third-order valence-electron chi connectivity index (χ3n) is 4.38. The summed E-state index contributed by atoms with van der Waals surface area (Å²) in [6, 6.07) is 0. The van der Waals surface area contributed by atoms with E-state index in [0.717, 1.165) is 51.8 Å². The Hall–Kier alpha value is -0.660. The molecule has 2 rings (SSSR count). The molecule has 2 fully saturated rings. The maximum absolute atomic E-state index is 12.3. The summed E-state index contributed by atoms with van der Waals surface area (Å²) in [5.74, 6) is -0.267. The molecule has 2 unspecified atom stereocenters. The molecule has 1 amide bonds. The van der Waals surface area contributed by atoms with E-state index in [-0.39, 0.29) is 5.91 Å². The molecule has 2 aliphatic heterocycles. The molecule has 0 radical (unpaired) electrons. The number of carbonyl (C=O) groups excluding carboxylic acids is 1. The van der Waals surface area contributed by atoms with Gasteiger partial charge in [-0.1, -0.05) is 0 Å². The Morgan fingerprint density at radius 2 is 2.00 bits per heavy atom. The van der Waals surface area contributed by atoms with Gasteiger partial charge in [0.15, 0.2) is 9.84 Å². The van der Waals surface area contributed by atoms with Crippen molar-refractivity contribution in [1.82, 2.24) is 9.80 Å². The van der Waals surface area contributed by atoms with Crippen molar-refractivity contribution in [2.75, 3.05) is 45.6 Å². The van der Waals surface area contributed by atoms with Crippen LogP contribution in [-0.2, 0) is 19.4 Å². The molecule has 122 valence electrons. The van der Waals surface area contributed by atoms with Crippen LogP contribution in [0.4, 0.5) is 0 Å². The number of hydrogen-bond acceptors (Lipinski definition) is 5.